The molecule has 1 N–H and O–H groups in total. The first-order chi connectivity index (χ1) is 5.68. The maximum Gasteiger partial charge on any atom is 0.309 e. The van der Waals surface area contributed by atoms with Gasteiger partial charge in [0.05, 0.1) is 5.41 Å². The van der Waals surface area contributed by atoms with Crippen LogP contribution in [0, 0.1) is 17.3 Å². The third kappa shape index (κ3) is 0.977. The molecule has 0 aromatic heterocycles. The Morgan fingerprint density at radius 1 is 1.58 bits per heavy atom. The summed E-state index contributed by atoms with van der Waals surface area (Å²) in [6.45, 7) is 3.63. The lowest BCUT2D eigenvalue weighted by Gasteiger charge is -2.23. The van der Waals surface area contributed by atoms with Crippen LogP contribution in [-0.2, 0) is 4.79 Å². The van der Waals surface area contributed by atoms with Gasteiger partial charge in [-0.15, -0.1) is 6.58 Å². The van der Waals surface area contributed by atoms with Crippen molar-refractivity contribution in [2.45, 2.75) is 25.7 Å². The summed E-state index contributed by atoms with van der Waals surface area (Å²) in [5.41, 5.74) is -0.435. The minimum Gasteiger partial charge on any atom is -0.481 e. The summed E-state index contributed by atoms with van der Waals surface area (Å²) in [6.07, 6.45) is 5.44. The Morgan fingerprint density at radius 2 is 2.17 bits per heavy atom. The summed E-state index contributed by atoms with van der Waals surface area (Å²) >= 11 is 0. The number of rotatable bonds is 3. The van der Waals surface area contributed by atoms with E-state index in [0.29, 0.717) is 6.42 Å². The number of carboxylic acid groups (broad SMARTS) is 1. The molecule has 2 saturated carbocycles. The van der Waals surface area contributed by atoms with Gasteiger partial charge in [0.2, 0.25) is 0 Å². The Hall–Kier alpha value is -0.790. The van der Waals surface area contributed by atoms with Crippen LogP contribution in [0.3, 0.4) is 0 Å². The summed E-state index contributed by atoms with van der Waals surface area (Å²) in [4.78, 5) is 11.0. The number of aliphatic carboxylic acids is 1. The standard InChI is InChI=1S/C10H14O2/c1-2-3-10(9(11)12)5-7-4-8(7)6-10/h2,7-8H,1,3-6H2,(H,11,12). The molecule has 0 heterocycles. The topological polar surface area (TPSA) is 37.3 Å². The van der Waals surface area contributed by atoms with Crippen LogP contribution >= 0.6 is 0 Å². The van der Waals surface area contributed by atoms with Crippen molar-refractivity contribution in [1.29, 1.82) is 0 Å². The summed E-state index contributed by atoms with van der Waals surface area (Å²) in [7, 11) is 0. The third-order valence-corrected chi connectivity index (χ3v) is 3.36. The van der Waals surface area contributed by atoms with Crippen LogP contribution in [-0.4, -0.2) is 11.1 Å². The summed E-state index contributed by atoms with van der Waals surface area (Å²) in [6, 6.07) is 0. The molecule has 0 bridgehead atoms. The molecule has 0 aromatic carbocycles. The lowest BCUT2D eigenvalue weighted by molar-refractivity contribution is -0.149. The predicted octanol–water partition coefficient (Wildman–Crippen LogP) is 2.06. The summed E-state index contributed by atoms with van der Waals surface area (Å²) in [5.74, 6) is 0.830. The van der Waals surface area contributed by atoms with Gasteiger partial charge in [-0.3, -0.25) is 4.79 Å². The largest absolute Gasteiger partial charge is 0.481 e. The highest BCUT2D eigenvalue weighted by atomic mass is 16.4. The molecule has 2 aliphatic carbocycles. The highest BCUT2D eigenvalue weighted by Gasteiger charge is 2.56. The van der Waals surface area contributed by atoms with Crippen molar-refractivity contribution in [2.75, 3.05) is 0 Å². The van der Waals surface area contributed by atoms with Crippen LogP contribution in [0.2, 0.25) is 0 Å². The van der Waals surface area contributed by atoms with E-state index in [0.717, 1.165) is 24.7 Å². The average molecular weight is 166 g/mol. The highest BCUT2D eigenvalue weighted by Crippen LogP contribution is 2.61. The second-order valence-corrected chi connectivity index (χ2v) is 4.24. The molecule has 66 valence electrons. The van der Waals surface area contributed by atoms with E-state index in [4.69, 9.17) is 5.11 Å². The van der Waals surface area contributed by atoms with Crippen LogP contribution in [0.5, 0.6) is 0 Å². The number of carbonyl (C=O) groups is 1. The quantitative estimate of drug-likeness (QED) is 0.651. The van der Waals surface area contributed by atoms with Crippen LogP contribution in [0.1, 0.15) is 25.7 Å². The van der Waals surface area contributed by atoms with Gasteiger partial charge in [0.25, 0.3) is 0 Å². The maximum absolute atomic E-state index is 11.0. The van der Waals surface area contributed by atoms with Gasteiger partial charge < -0.3 is 5.11 Å². The zero-order valence-electron chi connectivity index (χ0n) is 7.12. The van der Waals surface area contributed by atoms with Crippen molar-refractivity contribution in [2.24, 2.45) is 17.3 Å². The van der Waals surface area contributed by atoms with Crippen LogP contribution in [0.25, 0.3) is 0 Å². The molecule has 0 amide bonds. The SMILES string of the molecule is C=CCC1(C(=O)O)CC2CC2C1. The molecule has 2 aliphatic rings. The molecule has 0 aromatic rings. The van der Waals surface area contributed by atoms with Crippen molar-refractivity contribution >= 4 is 5.97 Å². The lowest BCUT2D eigenvalue weighted by atomic mass is 9.80. The van der Waals surface area contributed by atoms with Crippen molar-refractivity contribution in [3.63, 3.8) is 0 Å². The van der Waals surface area contributed by atoms with E-state index in [-0.39, 0.29) is 0 Å². The second kappa shape index (κ2) is 2.35. The predicted molar refractivity (Wildman–Crippen MR) is 45.7 cm³/mol. The van der Waals surface area contributed by atoms with Crippen LogP contribution in [0.15, 0.2) is 12.7 Å². The van der Waals surface area contributed by atoms with Gasteiger partial charge in [0.15, 0.2) is 0 Å². The van der Waals surface area contributed by atoms with Gasteiger partial charge >= 0.3 is 5.97 Å². The molecule has 0 saturated heterocycles. The molecule has 2 atom stereocenters. The summed E-state index contributed by atoms with van der Waals surface area (Å²) < 4.78 is 0. The Kier molecular flexibility index (Phi) is 1.53. The van der Waals surface area contributed by atoms with Gasteiger partial charge in [-0.05, 0) is 37.5 Å². The number of hydrogen-bond donors (Lipinski definition) is 1. The molecule has 2 nitrogen and oxygen atoms in total. The van der Waals surface area contributed by atoms with Crippen molar-refractivity contribution in [3.8, 4) is 0 Å². The van der Waals surface area contributed by atoms with Gasteiger partial charge in [-0.2, -0.15) is 0 Å². The molecule has 2 fully saturated rings. The van der Waals surface area contributed by atoms with Gasteiger partial charge in [-0.25, -0.2) is 0 Å². The zero-order valence-corrected chi connectivity index (χ0v) is 7.12. The van der Waals surface area contributed by atoms with E-state index in [9.17, 15) is 4.79 Å². The summed E-state index contributed by atoms with van der Waals surface area (Å²) in [5, 5.41) is 9.09. The molecule has 12 heavy (non-hydrogen) atoms. The van der Waals surface area contributed by atoms with Gasteiger partial charge in [0.1, 0.15) is 0 Å². The minimum atomic E-state index is -0.616. The normalized spacial score (nSPS) is 43.7. The molecule has 0 radical (unpaired) electrons. The molecule has 2 rings (SSSR count). The number of fused-ring (bicyclic) bond motifs is 1. The molecule has 0 aliphatic heterocycles. The molecule has 2 unspecified atom stereocenters. The highest BCUT2D eigenvalue weighted by molar-refractivity contribution is 5.75. The number of carboxylic acids is 1. The van der Waals surface area contributed by atoms with Crippen LogP contribution in [0.4, 0.5) is 0 Å². The van der Waals surface area contributed by atoms with Gasteiger partial charge in [-0.1, -0.05) is 6.08 Å². The number of allylic oxidation sites excluding steroid dienone is 1. The molecular formula is C10H14O2. The number of hydrogen-bond acceptors (Lipinski definition) is 1. The molecule has 0 spiro atoms. The zero-order chi connectivity index (χ0) is 8.77. The minimum absolute atomic E-state index is 0.435. The first-order valence-corrected chi connectivity index (χ1v) is 4.52. The lowest BCUT2D eigenvalue weighted by Crippen LogP contribution is -2.28. The smallest absolute Gasteiger partial charge is 0.309 e. The third-order valence-electron chi connectivity index (χ3n) is 3.36. The monoisotopic (exact) mass is 166 g/mol. The molecular weight excluding hydrogens is 152 g/mol. The van der Waals surface area contributed by atoms with E-state index in [1.165, 1.54) is 6.42 Å². The van der Waals surface area contributed by atoms with Crippen molar-refractivity contribution in [3.05, 3.63) is 12.7 Å². The Bertz CT molecular complexity index is 222. The first-order valence-electron chi connectivity index (χ1n) is 4.52. The second-order valence-electron chi connectivity index (χ2n) is 4.24. The van der Waals surface area contributed by atoms with E-state index in [2.05, 4.69) is 6.58 Å². The average Bonchev–Trinajstić information content (AvgIpc) is 2.60. The fourth-order valence-corrected chi connectivity index (χ4v) is 2.60. The Labute approximate surface area is 72.3 Å². The van der Waals surface area contributed by atoms with E-state index in [1.54, 1.807) is 6.08 Å². The fourth-order valence-electron chi connectivity index (χ4n) is 2.60. The Balaban J connectivity index is 2.12. The van der Waals surface area contributed by atoms with Crippen LogP contribution < -0.4 is 0 Å². The maximum atomic E-state index is 11.0. The van der Waals surface area contributed by atoms with E-state index in [1.807, 2.05) is 0 Å². The van der Waals surface area contributed by atoms with E-state index < -0.39 is 11.4 Å². The van der Waals surface area contributed by atoms with Crippen molar-refractivity contribution in [1.82, 2.24) is 0 Å². The van der Waals surface area contributed by atoms with Gasteiger partial charge in [0, 0.05) is 0 Å². The fraction of sp³-hybridized carbons (Fsp3) is 0.700. The Morgan fingerprint density at radius 3 is 2.58 bits per heavy atom. The van der Waals surface area contributed by atoms with Crippen molar-refractivity contribution < 1.29 is 9.90 Å². The molecule has 2 heteroatoms. The first kappa shape index (κ1) is 7.84. The van der Waals surface area contributed by atoms with E-state index >= 15 is 0 Å².